The summed E-state index contributed by atoms with van der Waals surface area (Å²) in [5.74, 6) is 0.181. The molecule has 1 amide bonds. The largest absolute Gasteiger partial charge is 0.349 e. The second kappa shape index (κ2) is 6.27. The predicted octanol–water partition coefficient (Wildman–Crippen LogP) is 2.09. The van der Waals surface area contributed by atoms with Crippen LogP contribution in [0, 0.1) is 13.8 Å². The molecule has 2 aromatic heterocycles. The molecule has 2 aromatic rings. The summed E-state index contributed by atoms with van der Waals surface area (Å²) in [4.78, 5) is 23.0. The highest BCUT2D eigenvalue weighted by molar-refractivity contribution is 8.00. The lowest BCUT2D eigenvalue weighted by Gasteiger charge is -2.23. The van der Waals surface area contributed by atoms with Crippen molar-refractivity contribution in [2.45, 2.75) is 37.8 Å². The van der Waals surface area contributed by atoms with Crippen molar-refractivity contribution in [3.63, 3.8) is 0 Å². The third-order valence-electron chi connectivity index (χ3n) is 4.22. The first kappa shape index (κ1) is 17.6. The molecule has 0 saturated carbocycles. The van der Waals surface area contributed by atoms with Crippen molar-refractivity contribution in [3.05, 3.63) is 16.8 Å². The number of amides is 1. The standard InChI is InChI=1S/C15H19N3O3S3/c1-9-10(2)23-14-12(9)13(16-8-17-14)22-6-11(19)18-15(3)4-5-24(20,21)7-15/h8H,4-7H2,1-3H3,(H,18,19)/t15-/m1/s1. The number of thioether (sulfide) groups is 1. The molecule has 0 radical (unpaired) electrons. The second-order valence-corrected chi connectivity index (χ2v) is 10.7. The van der Waals surface area contributed by atoms with E-state index in [1.807, 2.05) is 13.8 Å². The van der Waals surface area contributed by atoms with Gasteiger partial charge in [-0.25, -0.2) is 18.4 Å². The van der Waals surface area contributed by atoms with Crippen molar-refractivity contribution in [1.82, 2.24) is 15.3 Å². The summed E-state index contributed by atoms with van der Waals surface area (Å²) in [5.41, 5.74) is 0.485. The normalized spacial score (nSPS) is 22.8. The molecule has 0 unspecified atom stereocenters. The Kier molecular flexibility index (Phi) is 4.61. The quantitative estimate of drug-likeness (QED) is 0.640. The van der Waals surface area contributed by atoms with Crippen molar-refractivity contribution in [3.8, 4) is 0 Å². The Morgan fingerprint density at radius 1 is 1.42 bits per heavy atom. The van der Waals surface area contributed by atoms with E-state index in [-0.39, 0.29) is 23.2 Å². The van der Waals surface area contributed by atoms with Gasteiger partial charge in [0.15, 0.2) is 9.84 Å². The number of fused-ring (bicyclic) bond motifs is 1. The Morgan fingerprint density at radius 3 is 2.83 bits per heavy atom. The molecule has 0 bridgehead atoms. The molecule has 3 heterocycles. The average Bonchev–Trinajstić information content (AvgIpc) is 2.93. The lowest BCUT2D eigenvalue weighted by atomic mass is 10.0. The first-order valence-corrected chi connectivity index (χ1v) is 11.2. The van der Waals surface area contributed by atoms with Crippen LogP contribution in [-0.4, -0.2) is 47.1 Å². The second-order valence-electron chi connectivity index (χ2n) is 6.38. The Hall–Kier alpha value is -1.19. The van der Waals surface area contributed by atoms with Crippen LogP contribution in [0.5, 0.6) is 0 Å². The Labute approximate surface area is 149 Å². The molecule has 1 aliphatic heterocycles. The Balaban J connectivity index is 1.69. The van der Waals surface area contributed by atoms with Crippen LogP contribution in [0.25, 0.3) is 10.2 Å². The number of rotatable bonds is 4. The van der Waals surface area contributed by atoms with Gasteiger partial charge in [0, 0.05) is 10.3 Å². The highest BCUT2D eigenvalue weighted by atomic mass is 32.2. The molecule has 6 nitrogen and oxygen atoms in total. The fraction of sp³-hybridized carbons (Fsp3) is 0.533. The molecule has 1 N–H and O–H groups in total. The minimum Gasteiger partial charge on any atom is -0.349 e. The topological polar surface area (TPSA) is 89.0 Å². The molecule has 0 aliphatic carbocycles. The lowest BCUT2D eigenvalue weighted by molar-refractivity contribution is -0.120. The summed E-state index contributed by atoms with van der Waals surface area (Å²) in [7, 11) is -3.04. The van der Waals surface area contributed by atoms with Gasteiger partial charge in [-0.3, -0.25) is 4.79 Å². The fourth-order valence-corrected chi connectivity index (χ4v) is 6.89. The van der Waals surface area contributed by atoms with Gasteiger partial charge in [-0.05, 0) is 32.8 Å². The number of carbonyl (C=O) groups is 1. The molecule has 0 spiro atoms. The lowest BCUT2D eigenvalue weighted by Crippen LogP contribution is -2.47. The van der Waals surface area contributed by atoms with Crippen LogP contribution in [0.15, 0.2) is 11.4 Å². The highest BCUT2D eigenvalue weighted by Crippen LogP contribution is 2.34. The minimum absolute atomic E-state index is 0.0109. The Bertz CT molecular complexity index is 907. The van der Waals surface area contributed by atoms with Crippen LogP contribution in [-0.2, 0) is 14.6 Å². The number of sulfone groups is 1. The zero-order valence-corrected chi connectivity index (χ0v) is 16.2. The zero-order valence-electron chi connectivity index (χ0n) is 13.7. The summed E-state index contributed by atoms with van der Waals surface area (Å²) >= 11 is 2.98. The summed E-state index contributed by atoms with van der Waals surface area (Å²) in [6.07, 6.45) is 1.98. The Morgan fingerprint density at radius 2 is 2.17 bits per heavy atom. The van der Waals surface area contributed by atoms with Crippen LogP contribution in [0.3, 0.4) is 0 Å². The molecule has 3 rings (SSSR count). The number of hydrogen-bond acceptors (Lipinski definition) is 7. The van der Waals surface area contributed by atoms with Crippen molar-refractivity contribution >= 4 is 49.1 Å². The smallest absolute Gasteiger partial charge is 0.230 e. The molecule has 130 valence electrons. The minimum atomic E-state index is -3.04. The summed E-state index contributed by atoms with van der Waals surface area (Å²) in [6, 6.07) is 0. The maximum atomic E-state index is 12.2. The van der Waals surface area contributed by atoms with E-state index in [0.717, 1.165) is 20.8 Å². The average molecular weight is 386 g/mol. The third-order valence-corrected chi connectivity index (χ3v) is 8.22. The van der Waals surface area contributed by atoms with Crippen LogP contribution < -0.4 is 5.32 Å². The zero-order chi connectivity index (χ0) is 17.5. The number of thiophene rings is 1. The van der Waals surface area contributed by atoms with E-state index in [0.29, 0.717) is 6.42 Å². The molecular formula is C15H19N3O3S3. The molecule has 1 saturated heterocycles. The van der Waals surface area contributed by atoms with Crippen molar-refractivity contribution < 1.29 is 13.2 Å². The molecule has 9 heteroatoms. The van der Waals surface area contributed by atoms with Crippen LogP contribution in [0.4, 0.5) is 0 Å². The molecule has 24 heavy (non-hydrogen) atoms. The monoisotopic (exact) mass is 385 g/mol. The first-order valence-electron chi connectivity index (χ1n) is 7.54. The van der Waals surface area contributed by atoms with E-state index in [9.17, 15) is 13.2 Å². The van der Waals surface area contributed by atoms with E-state index in [1.54, 1.807) is 18.3 Å². The van der Waals surface area contributed by atoms with E-state index in [1.165, 1.54) is 23.0 Å². The summed E-state index contributed by atoms with van der Waals surface area (Å²) in [5, 5.41) is 4.67. The maximum Gasteiger partial charge on any atom is 0.230 e. The number of nitrogens with zero attached hydrogens (tertiary/aromatic N) is 2. The molecule has 1 fully saturated rings. The van der Waals surface area contributed by atoms with Crippen molar-refractivity contribution in [2.24, 2.45) is 0 Å². The number of hydrogen-bond donors (Lipinski definition) is 1. The highest BCUT2D eigenvalue weighted by Gasteiger charge is 2.39. The van der Waals surface area contributed by atoms with Gasteiger partial charge < -0.3 is 5.32 Å². The van der Waals surface area contributed by atoms with Gasteiger partial charge in [-0.2, -0.15) is 0 Å². The van der Waals surface area contributed by atoms with Gasteiger partial charge in [0.05, 0.1) is 22.8 Å². The van der Waals surface area contributed by atoms with Crippen LogP contribution >= 0.6 is 23.1 Å². The van der Waals surface area contributed by atoms with Gasteiger partial charge in [0.2, 0.25) is 5.91 Å². The molecular weight excluding hydrogens is 366 g/mol. The van der Waals surface area contributed by atoms with E-state index >= 15 is 0 Å². The number of aromatic nitrogens is 2. The van der Waals surface area contributed by atoms with E-state index in [2.05, 4.69) is 15.3 Å². The van der Waals surface area contributed by atoms with E-state index in [4.69, 9.17) is 0 Å². The fourth-order valence-electron chi connectivity index (χ4n) is 2.88. The number of carbonyl (C=O) groups excluding carboxylic acids is 1. The van der Waals surface area contributed by atoms with Gasteiger partial charge in [0.1, 0.15) is 16.2 Å². The van der Waals surface area contributed by atoms with E-state index < -0.39 is 15.4 Å². The SMILES string of the molecule is Cc1sc2ncnc(SCC(=O)N[C@]3(C)CCS(=O)(=O)C3)c2c1C. The third kappa shape index (κ3) is 3.57. The van der Waals surface area contributed by atoms with Gasteiger partial charge in [0.25, 0.3) is 0 Å². The van der Waals surface area contributed by atoms with Crippen LogP contribution in [0.2, 0.25) is 0 Å². The van der Waals surface area contributed by atoms with Gasteiger partial charge in [-0.1, -0.05) is 11.8 Å². The first-order chi connectivity index (χ1) is 11.2. The van der Waals surface area contributed by atoms with Crippen LogP contribution in [0.1, 0.15) is 23.8 Å². The number of nitrogens with one attached hydrogen (secondary N) is 1. The van der Waals surface area contributed by atoms with Gasteiger partial charge >= 0.3 is 0 Å². The summed E-state index contributed by atoms with van der Waals surface area (Å²) < 4.78 is 23.2. The molecule has 1 aliphatic rings. The number of aryl methyl sites for hydroxylation is 2. The molecule has 1 atom stereocenters. The van der Waals surface area contributed by atoms with Gasteiger partial charge in [-0.15, -0.1) is 11.3 Å². The predicted molar refractivity (Wildman–Crippen MR) is 97.4 cm³/mol. The van der Waals surface area contributed by atoms with Crippen molar-refractivity contribution in [1.29, 1.82) is 0 Å². The maximum absolute atomic E-state index is 12.2. The molecule has 0 aromatic carbocycles. The van der Waals surface area contributed by atoms with Crippen molar-refractivity contribution in [2.75, 3.05) is 17.3 Å². The summed E-state index contributed by atoms with van der Waals surface area (Å²) in [6.45, 7) is 5.87.